The van der Waals surface area contributed by atoms with Crippen LogP contribution in [0.4, 0.5) is 0 Å². The first-order valence-electron chi connectivity index (χ1n) is 4.60. The number of ether oxygens (including phenoxy) is 1. The molecule has 3 heteroatoms. The van der Waals surface area contributed by atoms with Gasteiger partial charge in [-0.25, -0.2) is 0 Å². The van der Waals surface area contributed by atoms with Gasteiger partial charge in [0.1, 0.15) is 6.10 Å². The van der Waals surface area contributed by atoms with Gasteiger partial charge >= 0.3 is 5.97 Å². The van der Waals surface area contributed by atoms with Crippen molar-refractivity contribution >= 4 is 5.97 Å². The molecule has 0 aromatic carbocycles. The maximum absolute atomic E-state index is 10.9. The van der Waals surface area contributed by atoms with Gasteiger partial charge in [-0.3, -0.25) is 4.79 Å². The average molecular weight is 172 g/mol. The second kappa shape index (κ2) is 4.45. The summed E-state index contributed by atoms with van der Waals surface area (Å²) in [5.41, 5.74) is 0. The molecule has 1 aliphatic heterocycles. The Balaban J connectivity index is 2.29. The highest BCUT2D eigenvalue weighted by Crippen LogP contribution is 2.19. The van der Waals surface area contributed by atoms with Gasteiger partial charge in [0.2, 0.25) is 0 Å². The Morgan fingerprint density at radius 1 is 1.67 bits per heavy atom. The minimum Gasteiger partial charge on any atom is -0.462 e. The van der Waals surface area contributed by atoms with E-state index in [0.29, 0.717) is 6.42 Å². The number of unbranched alkanes of at least 4 members (excludes halogenated alkanes) is 1. The molecule has 0 amide bonds. The minimum absolute atomic E-state index is 0.0406. The third-order valence-corrected chi connectivity index (χ3v) is 2.12. The van der Waals surface area contributed by atoms with E-state index in [1.165, 1.54) is 0 Å². The molecule has 0 aromatic heterocycles. The summed E-state index contributed by atoms with van der Waals surface area (Å²) in [5, 5.41) is 9.25. The molecule has 1 rings (SSSR count). The topological polar surface area (TPSA) is 46.5 Å². The highest BCUT2D eigenvalue weighted by atomic mass is 16.5. The van der Waals surface area contributed by atoms with Crippen LogP contribution in [0, 0.1) is 0 Å². The molecule has 0 aromatic rings. The van der Waals surface area contributed by atoms with E-state index in [-0.39, 0.29) is 18.5 Å². The lowest BCUT2D eigenvalue weighted by atomic mass is 10.0. The highest BCUT2D eigenvalue weighted by Gasteiger charge is 2.26. The van der Waals surface area contributed by atoms with Gasteiger partial charge in [-0.2, -0.15) is 0 Å². The molecule has 0 saturated carbocycles. The van der Waals surface area contributed by atoms with Gasteiger partial charge < -0.3 is 9.84 Å². The largest absolute Gasteiger partial charge is 0.462 e. The van der Waals surface area contributed by atoms with Crippen molar-refractivity contribution in [1.82, 2.24) is 0 Å². The second-order valence-corrected chi connectivity index (χ2v) is 3.35. The zero-order chi connectivity index (χ0) is 8.97. The van der Waals surface area contributed by atoms with Crippen LogP contribution >= 0.6 is 0 Å². The van der Waals surface area contributed by atoms with Gasteiger partial charge in [-0.1, -0.05) is 19.8 Å². The first-order valence-corrected chi connectivity index (χ1v) is 4.60. The van der Waals surface area contributed by atoms with Crippen molar-refractivity contribution in [2.24, 2.45) is 0 Å². The number of carbonyl (C=O) groups excluding carboxylic acids is 1. The Labute approximate surface area is 72.7 Å². The summed E-state index contributed by atoms with van der Waals surface area (Å²) in [5.74, 6) is -0.255. The van der Waals surface area contributed by atoms with Crippen LogP contribution in [0.15, 0.2) is 0 Å². The van der Waals surface area contributed by atoms with E-state index in [4.69, 9.17) is 4.74 Å². The Morgan fingerprint density at radius 2 is 2.42 bits per heavy atom. The number of cyclic esters (lactones) is 1. The summed E-state index contributed by atoms with van der Waals surface area (Å²) in [6, 6.07) is 0. The van der Waals surface area contributed by atoms with Crippen LogP contribution in [-0.4, -0.2) is 23.3 Å². The van der Waals surface area contributed by atoms with Crippen molar-refractivity contribution < 1.29 is 14.6 Å². The molecule has 1 N–H and O–H groups in total. The zero-order valence-corrected chi connectivity index (χ0v) is 7.45. The molecule has 1 unspecified atom stereocenters. The molecule has 1 fully saturated rings. The Hall–Kier alpha value is -0.570. The van der Waals surface area contributed by atoms with Gasteiger partial charge in [0.15, 0.2) is 0 Å². The molecule has 3 nitrogen and oxygen atoms in total. The van der Waals surface area contributed by atoms with Crippen molar-refractivity contribution in [3.8, 4) is 0 Å². The number of hydrogen-bond donors (Lipinski definition) is 1. The maximum Gasteiger partial charge on any atom is 0.308 e. The van der Waals surface area contributed by atoms with Crippen molar-refractivity contribution in [2.45, 2.75) is 51.2 Å². The molecule has 0 aliphatic carbocycles. The second-order valence-electron chi connectivity index (χ2n) is 3.35. The maximum atomic E-state index is 10.9. The van der Waals surface area contributed by atoms with Gasteiger partial charge in [0.25, 0.3) is 0 Å². The molecule has 12 heavy (non-hydrogen) atoms. The van der Waals surface area contributed by atoms with Crippen molar-refractivity contribution in [3.05, 3.63) is 0 Å². The number of rotatable bonds is 3. The first kappa shape index (κ1) is 9.52. The Bertz CT molecular complexity index is 156. The van der Waals surface area contributed by atoms with Crippen molar-refractivity contribution in [1.29, 1.82) is 0 Å². The number of aliphatic hydroxyl groups is 1. The Morgan fingerprint density at radius 3 is 3.00 bits per heavy atom. The summed E-state index contributed by atoms with van der Waals surface area (Å²) >= 11 is 0. The van der Waals surface area contributed by atoms with Crippen molar-refractivity contribution in [3.63, 3.8) is 0 Å². The molecule has 1 heterocycles. The average Bonchev–Trinajstić information content (AvgIpc) is 1.99. The Kier molecular flexibility index (Phi) is 3.53. The van der Waals surface area contributed by atoms with Gasteiger partial charge in [0.05, 0.1) is 12.5 Å². The van der Waals surface area contributed by atoms with Gasteiger partial charge in [-0.15, -0.1) is 0 Å². The lowest BCUT2D eigenvalue weighted by Gasteiger charge is -2.25. The van der Waals surface area contributed by atoms with Gasteiger partial charge in [-0.05, 0) is 6.42 Å². The van der Waals surface area contributed by atoms with E-state index in [9.17, 15) is 9.90 Å². The van der Waals surface area contributed by atoms with E-state index in [1.807, 2.05) is 0 Å². The smallest absolute Gasteiger partial charge is 0.308 e. The molecule has 0 radical (unpaired) electrons. The number of aliphatic hydroxyl groups excluding tert-OH is 1. The van der Waals surface area contributed by atoms with Crippen molar-refractivity contribution in [2.75, 3.05) is 0 Å². The molecular formula is C9H16O3. The van der Waals surface area contributed by atoms with E-state index in [1.54, 1.807) is 0 Å². The molecule has 2 atom stereocenters. The fourth-order valence-corrected chi connectivity index (χ4v) is 1.47. The normalized spacial score (nSPS) is 30.0. The summed E-state index contributed by atoms with van der Waals surface area (Å²) < 4.78 is 5.06. The molecule has 1 saturated heterocycles. The number of carbonyl (C=O) groups is 1. The lowest BCUT2D eigenvalue weighted by Crippen LogP contribution is -2.32. The predicted octanol–water partition coefficient (Wildman–Crippen LogP) is 1.24. The summed E-state index contributed by atoms with van der Waals surface area (Å²) in [4.78, 5) is 10.9. The predicted molar refractivity (Wildman–Crippen MR) is 44.6 cm³/mol. The molecule has 0 spiro atoms. The van der Waals surface area contributed by atoms with Crippen LogP contribution in [0.3, 0.4) is 0 Å². The number of hydrogen-bond acceptors (Lipinski definition) is 3. The van der Waals surface area contributed by atoms with Crippen LogP contribution in [0.25, 0.3) is 0 Å². The quantitative estimate of drug-likeness (QED) is 0.651. The first-order chi connectivity index (χ1) is 5.72. The van der Waals surface area contributed by atoms with Crippen LogP contribution in [0.1, 0.15) is 39.0 Å². The SMILES string of the molecule is CCCCC1C[C@@H](O)CC(=O)O1. The minimum atomic E-state index is -0.479. The number of esters is 1. The van der Waals surface area contributed by atoms with Crippen LogP contribution < -0.4 is 0 Å². The molecule has 1 aliphatic rings. The third-order valence-electron chi connectivity index (χ3n) is 2.12. The fourth-order valence-electron chi connectivity index (χ4n) is 1.47. The summed E-state index contributed by atoms with van der Waals surface area (Å²) in [6.45, 7) is 2.10. The zero-order valence-electron chi connectivity index (χ0n) is 7.45. The van der Waals surface area contributed by atoms with E-state index in [0.717, 1.165) is 19.3 Å². The molecular weight excluding hydrogens is 156 g/mol. The lowest BCUT2D eigenvalue weighted by molar-refractivity contribution is -0.160. The third kappa shape index (κ3) is 2.81. The summed E-state index contributed by atoms with van der Waals surface area (Å²) in [7, 11) is 0. The fraction of sp³-hybridized carbons (Fsp3) is 0.889. The van der Waals surface area contributed by atoms with Crippen LogP contribution in [0.2, 0.25) is 0 Å². The molecule has 70 valence electrons. The van der Waals surface area contributed by atoms with E-state index >= 15 is 0 Å². The van der Waals surface area contributed by atoms with Gasteiger partial charge in [0, 0.05) is 6.42 Å². The van der Waals surface area contributed by atoms with Crippen LogP contribution in [0.5, 0.6) is 0 Å². The van der Waals surface area contributed by atoms with E-state index < -0.39 is 6.10 Å². The van der Waals surface area contributed by atoms with Crippen LogP contribution in [-0.2, 0) is 9.53 Å². The molecule has 0 bridgehead atoms. The monoisotopic (exact) mass is 172 g/mol. The summed E-state index contributed by atoms with van der Waals surface area (Å²) in [6.07, 6.45) is 3.32. The standard InChI is InChI=1S/C9H16O3/c1-2-3-4-8-5-7(10)6-9(11)12-8/h7-8,10H,2-6H2,1H3/t7-,8?/m1/s1. The highest BCUT2D eigenvalue weighted by molar-refractivity contribution is 5.70. The van der Waals surface area contributed by atoms with E-state index in [2.05, 4.69) is 6.92 Å².